The summed E-state index contributed by atoms with van der Waals surface area (Å²) in [5.41, 5.74) is 3.11. The molecule has 2 aromatic rings. The normalized spacial score (nSPS) is 11.9. The summed E-state index contributed by atoms with van der Waals surface area (Å²) < 4.78 is 5.24. The molecule has 2 rings (SSSR count). The summed E-state index contributed by atoms with van der Waals surface area (Å²) in [6.45, 7) is 6.38. The van der Waals surface area contributed by atoms with Crippen molar-refractivity contribution < 1.29 is 4.74 Å². The Hall–Kier alpha value is -1.78. The van der Waals surface area contributed by atoms with Gasteiger partial charge in [0.05, 0.1) is 13.2 Å². The first-order chi connectivity index (χ1) is 11.9. The lowest BCUT2D eigenvalue weighted by molar-refractivity contribution is 0.414. The molecule has 0 heterocycles. The topological polar surface area (TPSA) is 33.3 Å². The van der Waals surface area contributed by atoms with Crippen molar-refractivity contribution in [2.75, 3.05) is 12.4 Å². The highest BCUT2D eigenvalue weighted by Gasteiger charge is 2.15. The van der Waals surface area contributed by atoms with Gasteiger partial charge >= 0.3 is 0 Å². The molecule has 25 heavy (non-hydrogen) atoms. The number of aryl methyl sites for hydroxylation is 1. The maximum atomic E-state index is 6.18. The van der Waals surface area contributed by atoms with Crippen molar-refractivity contribution >= 4 is 34.6 Å². The largest absolute Gasteiger partial charge is 0.497 e. The predicted octanol–water partition coefficient (Wildman–Crippen LogP) is 5.73. The Kier molecular flexibility index (Phi) is 7.09. The minimum atomic E-state index is 0.131. The maximum absolute atomic E-state index is 6.18. The van der Waals surface area contributed by atoms with Crippen LogP contribution >= 0.6 is 23.8 Å². The Balaban J connectivity index is 2.09. The van der Waals surface area contributed by atoms with Crippen molar-refractivity contribution in [3.05, 3.63) is 58.6 Å². The third kappa shape index (κ3) is 5.91. The molecule has 134 valence electrons. The Morgan fingerprint density at radius 1 is 1.16 bits per heavy atom. The number of anilines is 1. The molecule has 0 radical (unpaired) electrons. The van der Waals surface area contributed by atoms with E-state index in [1.807, 2.05) is 37.3 Å². The summed E-state index contributed by atoms with van der Waals surface area (Å²) in [5.74, 6) is 1.39. The zero-order chi connectivity index (χ0) is 18.4. The van der Waals surface area contributed by atoms with E-state index in [1.54, 1.807) is 7.11 Å². The molecule has 5 heteroatoms. The van der Waals surface area contributed by atoms with Gasteiger partial charge in [0.1, 0.15) is 5.75 Å². The van der Waals surface area contributed by atoms with E-state index in [0.717, 1.165) is 28.4 Å². The predicted molar refractivity (Wildman–Crippen MR) is 111 cm³/mol. The number of rotatable bonds is 6. The number of hydrogen-bond acceptors (Lipinski definition) is 2. The van der Waals surface area contributed by atoms with E-state index >= 15 is 0 Å². The highest BCUT2D eigenvalue weighted by atomic mass is 35.5. The second kappa shape index (κ2) is 9.07. The number of nitrogens with one attached hydrogen (secondary N) is 2. The van der Waals surface area contributed by atoms with Gasteiger partial charge in [0.25, 0.3) is 0 Å². The molecule has 0 fully saturated rings. The number of hydrogen-bond donors (Lipinski definition) is 2. The van der Waals surface area contributed by atoms with Gasteiger partial charge < -0.3 is 15.4 Å². The van der Waals surface area contributed by atoms with Crippen molar-refractivity contribution in [1.29, 1.82) is 0 Å². The Labute approximate surface area is 160 Å². The minimum absolute atomic E-state index is 0.131. The van der Waals surface area contributed by atoms with E-state index in [2.05, 4.69) is 36.6 Å². The van der Waals surface area contributed by atoms with Crippen molar-refractivity contribution in [2.45, 2.75) is 33.2 Å². The van der Waals surface area contributed by atoms with E-state index < -0.39 is 0 Å². The maximum Gasteiger partial charge on any atom is 0.171 e. The number of ether oxygens (including phenoxy) is 1. The zero-order valence-corrected chi connectivity index (χ0v) is 16.7. The molecular formula is C20H25ClN2OS. The second-order valence-electron chi connectivity index (χ2n) is 6.52. The van der Waals surface area contributed by atoms with Gasteiger partial charge in [0.2, 0.25) is 0 Å². The minimum Gasteiger partial charge on any atom is -0.497 e. The van der Waals surface area contributed by atoms with E-state index in [-0.39, 0.29) is 6.04 Å². The van der Waals surface area contributed by atoms with Gasteiger partial charge in [-0.1, -0.05) is 43.6 Å². The molecular weight excluding hydrogens is 352 g/mol. The van der Waals surface area contributed by atoms with E-state index in [0.29, 0.717) is 11.0 Å². The van der Waals surface area contributed by atoms with Crippen LogP contribution in [0.2, 0.25) is 5.02 Å². The van der Waals surface area contributed by atoms with Crippen LogP contribution in [0.5, 0.6) is 5.75 Å². The molecule has 0 aliphatic heterocycles. The molecule has 0 aliphatic carbocycles. The molecule has 2 N–H and O–H groups in total. The van der Waals surface area contributed by atoms with Crippen LogP contribution in [0.1, 0.15) is 37.4 Å². The fourth-order valence-electron chi connectivity index (χ4n) is 2.58. The lowest BCUT2D eigenvalue weighted by Crippen LogP contribution is -2.33. The molecule has 0 amide bonds. The summed E-state index contributed by atoms with van der Waals surface area (Å²) in [4.78, 5) is 0. The smallest absolute Gasteiger partial charge is 0.171 e. The standard InChI is InChI=1S/C20H25ClN2OS/c1-13(2)11-19(15-6-9-17(24-4)10-7-15)23-20(25)22-16-8-5-14(3)18(21)12-16/h5-10,12-13,19H,11H2,1-4H3,(H2,22,23,25)/t19-/m1/s1. The molecule has 0 aromatic heterocycles. The van der Waals surface area contributed by atoms with Crippen molar-refractivity contribution in [1.82, 2.24) is 5.32 Å². The summed E-state index contributed by atoms with van der Waals surface area (Å²) in [7, 11) is 1.67. The summed E-state index contributed by atoms with van der Waals surface area (Å²) in [6, 6.07) is 14.1. The van der Waals surface area contributed by atoms with Crippen LogP contribution in [0.4, 0.5) is 5.69 Å². The summed E-state index contributed by atoms with van der Waals surface area (Å²) in [5, 5.41) is 7.95. The number of halogens is 1. The average Bonchev–Trinajstić information content (AvgIpc) is 2.57. The first-order valence-electron chi connectivity index (χ1n) is 8.36. The molecule has 0 saturated heterocycles. The highest BCUT2D eigenvalue weighted by Crippen LogP contribution is 2.24. The third-order valence-electron chi connectivity index (χ3n) is 3.96. The number of benzene rings is 2. The molecule has 0 spiro atoms. The van der Waals surface area contributed by atoms with E-state index in [1.165, 1.54) is 5.56 Å². The van der Waals surface area contributed by atoms with Crippen LogP contribution in [0.3, 0.4) is 0 Å². The molecule has 0 aliphatic rings. The van der Waals surface area contributed by atoms with Crippen LogP contribution < -0.4 is 15.4 Å². The molecule has 2 aromatic carbocycles. The Morgan fingerprint density at radius 3 is 2.40 bits per heavy atom. The SMILES string of the molecule is COc1ccc([C@@H](CC(C)C)NC(=S)Nc2ccc(C)c(Cl)c2)cc1. The summed E-state index contributed by atoms with van der Waals surface area (Å²) >= 11 is 11.7. The zero-order valence-electron chi connectivity index (χ0n) is 15.1. The molecule has 0 saturated carbocycles. The van der Waals surface area contributed by atoms with Gasteiger partial charge in [-0.2, -0.15) is 0 Å². The van der Waals surface area contributed by atoms with E-state index in [9.17, 15) is 0 Å². The fourth-order valence-corrected chi connectivity index (χ4v) is 3.02. The number of thiocarbonyl (C=S) groups is 1. The van der Waals surface area contributed by atoms with Gasteiger partial charge in [0, 0.05) is 10.7 Å². The first-order valence-corrected chi connectivity index (χ1v) is 9.15. The van der Waals surface area contributed by atoms with Crippen molar-refractivity contribution in [2.24, 2.45) is 5.92 Å². The lowest BCUT2D eigenvalue weighted by atomic mass is 9.97. The average molecular weight is 377 g/mol. The number of methoxy groups -OCH3 is 1. The van der Waals surface area contributed by atoms with Gasteiger partial charge in [-0.25, -0.2) is 0 Å². The van der Waals surface area contributed by atoms with Crippen molar-refractivity contribution in [3.8, 4) is 5.75 Å². The van der Waals surface area contributed by atoms with Crippen molar-refractivity contribution in [3.63, 3.8) is 0 Å². The molecule has 3 nitrogen and oxygen atoms in total. The monoisotopic (exact) mass is 376 g/mol. The van der Waals surface area contributed by atoms with Crippen LogP contribution in [0.15, 0.2) is 42.5 Å². The van der Waals surface area contributed by atoms with Crippen LogP contribution in [0, 0.1) is 12.8 Å². The molecule has 0 unspecified atom stereocenters. The fraction of sp³-hybridized carbons (Fsp3) is 0.350. The van der Waals surface area contributed by atoms with Gasteiger partial charge in [-0.15, -0.1) is 0 Å². The van der Waals surface area contributed by atoms with Gasteiger partial charge in [0.15, 0.2) is 5.11 Å². The molecule has 1 atom stereocenters. The van der Waals surface area contributed by atoms with Crippen LogP contribution in [-0.4, -0.2) is 12.2 Å². The van der Waals surface area contributed by atoms with Gasteiger partial charge in [-0.3, -0.25) is 0 Å². The second-order valence-corrected chi connectivity index (χ2v) is 7.33. The lowest BCUT2D eigenvalue weighted by Gasteiger charge is -2.23. The van der Waals surface area contributed by atoms with Crippen LogP contribution in [0.25, 0.3) is 0 Å². The highest BCUT2D eigenvalue weighted by molar-refractivity contribution is 7.80. The molecule has 0 bridgehead atoms. The quantitative estimate of drug-likeness (QED) is 0.630. The summed E-state index contributed by atoms with van der Waals surface area (Å²) in [6.07, 6.45) is 0.975. The Morgan fingerprint density at radius 2 is 1.84 bits per heavy atom. The first kappa shape index (κ1) is 19.5. The third-order valence-corrected chi connectivity index (χ3v) is 4.59. The van der Waals surface area contributed by atoms with Crippen LogP contribution in [-0.2, 0) is 0 Å². The van der Waals surface area contributed by atoms with Gasteiger partial charge in [-0.05, 0) is 66.9 Å². The van der Waals surface area contributed by atoms with E-state index in [4.69, 9.17) is 28.6 Å². The Bertz CT molecular complexity index is 716.